The molecule has 5 nitrogen and oxygen atoms in total. The minimum atomic E-state index is -4.56. The maximum absolute atomic E-state index is 13.0. The van der Waals surface area contributed by atoms with E-state index in [4.69, 9.17) is 0 Å². The van der Waals surface area contributed by atoms with Gasteiger partial charge >= 0.3 is 6.18 Å². The molecule has 8 heteroatoms. The first-order valence-corrected chi connectivity index (χ1v) is 8.37. The van der Waals surface area contributed by atoms with Crippen molar-refractivity contribution in [3.63, 3.8) is 0 Å². The summed E-state index contributed by atoms with van der Waals surface area (Å²) in [7, 11) is 0. The predicted octanol–water partition coefficient (Wildman–Crippen LogP) is 2.43. The number of hydrogen-bond donors (Lipinski definition) is 3. The molecular weight excluding hydrogens is 335 g/mol. The molecule has 3 unspecified atom stereocenters. The van der Waals surface area contributed by atoms with Crippen LogP contribution in [-0.2, 0) is 15.8 Å². The van der Waals surface area contributed by atoms with Crippen molar-refractivity contribution in [1.82, 2.24) is 10.6 Å². The molecule has 1 aliphatic heterocycles. The monoisotopic (exact) mass is 355 g/mol. The predicted molar refractivity (Wildman–Crippen MR) is 85.8 cm³/mol. The third-order valence-electron chi connectivity index (χ3n) is 4.72. The van der Waals surface area contributed by atoms with Crippen molar-refractivity contribution >= 4 is 17.5 Å². The average molecular weight is 355 g/mol. The van der Waals surface area contributed by atoms with Crippen LogP contribution in [0.2, 0.25) is 0 Å². The summed E-state index contributed by atoms with van der Waals surface area (Å²) in [5.74, 6) is -0.902. The van der Waals surface area contributed by atoms with Crippen molar-refractivity contribution < 1.29 is 22.8 Å². The topological polar surface area (TPSA) is 70.2 Å². The molecule has 2 amide bonds. The molecule has 2 aliphatic rings. The summed E-state index contributed by atoms with van der Waals surface area (Å²) < 4.78 is 38.9. The fraction of sp³-hybridized carbons (Fsp3) is 0.529. The molecule has 1 aromatic carbocycles. The standard InChI is InChI=1S/C17H20F3N3O2/c18-17(19,20)10-5-1-2-6-11(10)22-15(24)9-14-16(25)23-13-8-4-3-7-12(13)21-14/h1-2,5-6,12-14,21H,3-4,7-9H2,(H,22,24)(H,23,25). The quantitative estimate of drug-likeness (QED) is 0.780. The van der Waals surface area contributed by atoms with Crippen LogP contribution in [0.25, 0.3) is 0 Å². The van der Waals surface area contributed by atoms with Crippen LogP contribution >= 0.6 is 0 Å². The Morgan fingerprint density at radius 3 is 2.56 bits per heavy atom. The zero-order valence-corrected chi connectivity index (χ0v) is 13.5. The van der Waals surface area contributed by atoms with Crippen LogP contribution in [0.3, 0.4) is 0 Å². The number of amides is 2. The van der Waals surface area contributed by atoms with E-state index in [9.17, 15) is 22.8 Å². The van der Waals surface area contributed by atoms with Crippen molar-refractivity contribution in [2.75, 3.05) is 5.32 Å². The van der Waals surface area contributed by atoms with Crippen LogP contribution in [0.1, 0.15) is 37.7 Å². The van der Waals surface area contributed by atoms with Crippen LogP contribution in [0.5, 0.6) is 0 Å². The Morgan fingerprint density at radius 1 is 1.16 bits per heavy atom. The second-order valence-electron chi connectivity index (χ2n) is 6.52. The van der Waals surface area contributed by atoms with E-state index in [0.717, 1.165) is 31.7 Å². The molecule has 1 heterocycles. The van der Waals surface area contributed by atoms with E-state index >= 15 is 0 Å². The van der Waals surface area contributed by atoms with Gasteiger partial charge in [0.15, 0.2) is 0 Å². The zero-order chi connectivity index (χ0) is 18.0. The average Bonchev–Trinajstić information content (AvgIpc) is 2.55. The van der Waals surface area contributed by atoms with Crippen LogP contribution in [0.4, 0.5) is 18.9 Å². The van der Waals surface area contributed by atoms with Gasteiger partial charge in [0.05, 0.1) is 23.7 Å². The highest BCUT2D eigenvalue weighted by Crippen LogP contribution is 2.34. The molecule has 136 valence electrons. The van der Waals surface area contributed by atoms with Gasteiger partial charge in [-0.3, -0.25) is 9.59 Å². The summed E-state index contributed by atoms with van der Waals surface area (Å²) in [6.07, 6.45) is -0.827. The fourth-order valence-electron chi connectivity index (χ4n) is 3.50. The Labute approximate surface area is 143 Å². The summed E-state index contributed by atoms with van der Waals surface area (Å²) in [5, 5.41) is 8.36. The van der Waals surface area contributed by atoms with Gasteiger partial charge in [0.25, 0.3) is 0 Å². The van der Waals surface area contributed by atoms with E-state index in [1.54, 1.807) is 0 Å². The lowest BCUT2D eigenvalue weighted by molar-refractivity contribution is -0.137. The Kier molecular flexibility index (Phi) is 4.99. The summed E-state index contributed by atoms with van der Waals surface area (Å²) >= 11 is 0. The zero-order valence-electron chi connectivity index (χ0n) is 13.5. The molecule has 1 saturated heterocycles. The first-order chi connectivity index (χ1) is 11.8. The lowest BCUT2D eigenvalue weighted by Gasteiger charge is -2.40. The summed E-state index contributed by atoms with van der Waals surface area (Å²) in [5.41, 5.74) is -1.21. The molecule has 25 heavy (non-hydrogen) atoms. The van der Waals surface area contributed by atoms with E-state index in [1.165, 1.54) is 18.2 Å². The maximum atomic E-state index is 13.0. The highest BCUT2D eigenvalue weighted by atomic mass is 19.4. The molecular formula is C17H20F3N3O2. The number of para-hydroxylation sites is 1. The van der Waals surface area contributed by atoms with Crippen LogP contribution in [0.15, 0.2) is 24.3 Å². The first kappa shape index (κ1) is 17.7. The van der Waals surface area contributed by atoms with Gasteiger partial charge in [-0.2, -0.15) is 13.2 Å². The second-order valence-corrected chi connectivity index (χ2v) is 6.52. The number of hydrogen-bond acceptors (Lipinski definition) is 3. The number of piperazine rings is 1. The number of fused-ring (bicyclic) bond motifs is 1. The van der Waals surface area contributed by atoms with Crippen molar-refractivity contribution in [2.45, 2.75) is 56.4 Å². The Bertz CT molecular complexity index is 663. The molecule has 1 aliphatic carbocycles. The normalized spacial score (nSPS) is 26.5. The van der Waals surface area contributed by atoms with E-state index < -0.39 is 23.7 Å². The largest absolute Gasteiger partial charge is 0.418 e. The highest BCUT2D eigenvalue weighted by Gasteiger charge is 2.37. The lowest BCUT2D eigenvalue weighted by Crippen LogP contribution is -2.65. The second kappa shape index (κ2) is 7.03. The SMILES string of the molecule is O=C(CC1NC2CCCCC2NC1=O)Nc1ccccc1C(F)(F)F. The summed E-state index contributed by atoms with van der Waals surface area (Å²) in [4.78, 5) is 24.3. The van der Waals surface area contributed by atoms with E-state index in [2.05, 4.69) is 16.0 Å². The molecule has 1 saturated carbocycles. The summed E-state index contributed by atoms with van der Waals surface area (Å²) in [6.45, 7) is 0. The van der Waals surface area contributed by atoms with Crippen molar-refractivity contribution in [3.05, 3.63) is 29.8 Å². The molecule has 1 aromatic rings. The van der Waals surface area contributed by atoms with Crippen molar-refractivity contribution in [2.24, 2.45) is 0 Å². The number of carbonyl (C=O) groups is 2. The Hall–Kier alpha value is -2.09. The highest BCUT2D eigenvalue weighted by molar-refractivity contribution is 5.96. The molecule has 3 atom stereocenters. The van der Waals surface area contributed by atoms with Crippen LogP contribution in [-0.4, -0.2) is 29.9 Å². The molecule has 0 spiro atoms. The smallest absolute Gasteiger partial charge is 0.350 e. The molecule has 3 rings (SSSR count). The number of alkyl halides is 3. The Morgan fingerprint density at radius 2 is 1.84 bits per heavy atom. The number of anilines is 1. The molecule has 0 bridgehead atoms. The number of benzene rings is 1. The summed E-state index contributed by atoms with van der Waals surface area (Å²) in [6, 6.07) is 4.26. The Balaban J connectivity index is 1.64. The van der Waals surface area contributed by atoms with Gasteiger partial charge in [0, 0.05) is 12.1 Å². The number of nitrogens with one attached hydrogen (secondary N) is 3. The number of carbonyl (C=O) groups excluding carboxylic acids is 2. The first-order valence-electron chi connectivity index (χ1n) is 8.37. The van der Waals surface area contributed by atoms with Gasteiger partial charge in [0.2, 0.25) is 11.8 Å². The van der Waals surface area contributed by atoms with Crippen LogP contribution < -0.4 is 16.0 Å². The number of halogens is 3. The van der Waals surface area contributed by atoms with E-state index in [0.29, 0.717) is 0 Å². The molecule has 3 N–H and O–H groups in total. The van der Waals surface area contributed by atoms with E-state index in [-0.39, 0.29) is 30.1 Å². The van der Waals surface area contributed by atoms with Gasteiger partial charge in [0.1, 0.15) is 0 Å². The molecule has 2 fully saturated rings. The van der Waals surface area contributed by atoms with Gasteiger partial charge in [-0.25, -0.2) is 0 Å². The minimum Gasteiger partial charge on any atom is -0.350 e. The van der Waals surface area contributed by atoms with Crippen LogP contribution in [0, 0.1) is 0 Å². The number of rotatable bonds is 3. The fourth-order valence-corrected chi connectivity index (χ4v) is 3.50. The van der Waals surface area contributed by atoms with Gasteiger partial charge in [-0.05, 0) is 25.0 Å². The van der Waals surface area contributed by atoms with Crippen molar-refractivity contribution in [1.29, 1.82) is 0 Å². The molecule has 0 radical (unpaired) electrons. The maximum Gasteiger partial charge on any atom is 0.418 e. The van der Waals surface area contributed by atoms with E-state index in [1.807, 2.05) is 0 Å². The van der Waals surface area contributed by atoms with Gasteiger partial charge < -0.3 is 16.0 Å². The van der Waals surface area contributed by atoms with Gasteiger partial charge in [-0.1, -0.05) is 25.0 Å². The van der Waals surface area contributed by atoms with Gasteiger partial charge in [-0.15, -0.1) is 0 Å². The minimum absolute atomic E-state index is 0.0755. The molecule has 0 aromatic heterocycles. The lowest BCUT2D eigenvalue weighted by atomic mass is 9.87. The third kappa shape index (κ3) is 4.12. The third-order valence-corrected chi connectivity index (χ3v) is 4.72. The van der Waals surface area contributed by atoms with Crippen molar-refractivity contribution in [3.8, 4) is 0 Å².